The minimum Gasteiger partial charge on any atom is -0.356 e. The van der Waals surface area contributed by atoms with E-state index in [2.05, 4.69) is 44.2 Å². The van der Waals surface area contributed by atoms with Gasteiger partial charge in [-0.2, -0.15) is 0 Å². The molecule has 0 radical (unpaired) electrons. The second-order valence-electron chi connectivity index (χ2n) is 6.35. The van der Waals surface area contributed by atoms with Gasteiger partial charge in [0.25, 0.3) is 0 Å². The lowest BCUT2D eigenvalue weighted by Crippen LogP contribution is -2.39. The normalized spacial score (nSPS) is 14.9. The van der Waals surface area contributed by atoms with Gasteiger partial charge in [0.1, 0.15) is 11.6 Å². The third kappa shape index (κ3) is 6.64. The van der Waals surface area contributed by atoms with Gasteiger partial charge in [-0.1, -0.05) is 20.3 Å². The summed E-state index contributed by atoms with van der Waals surface area (Å²) in [4.78, 5) is 4.26. The molecule has 1 aliphatic heterocycles. The Bertz CT molecular complexity index is 483. The van der Waals surface area contributed by atoms with E-state index in [1.54, 1.807) is 0 Å². The van der Waals surface area contributed by atoms with Crippen molar-refractivity contribution in [3.05, 3.63) is 11.6 Å². The first-order chi connectivity index (χ1) is 10.7. The summed E-state index contributed by atoms with van der Waals surface area (Å²) in [5, 5.41) is 15.4. The maximum Gasteiger partial charge on any atom is 0.190 e. The van der Waals surface area contributed by atoms with E-state index in [4.69, 9.17) is 0 Å². The number of fused-ring (bicyclic) bond motifs is 1. The lowest BCUT2D eigenvalue weighted by Gasteiger charge is -2.13. The topological polar surface area (TPSA) is 67.1 Å². The summed E-state index contributed by atoms with van der Waals surface area (Å²) in [5.74, 6) is 3.84. The van der Waals surface area contributed by atoms with Crippen molar-refractivity contribution in [3.8, 4) is 0 Å². The third-order valence-electron chi connectivity index (χ3n) is 4.06. The highest BCUT2D eigenvalue weighted by molar-refractivity contribution is 14.0. The third-order valence-corrected chi connectivity index (χ3v) is 4.06. The van der Waals surface area contributed by atoms with Crippen LogP contribution >= 0.6 is 24.0 Å². The number of nitrogens with zero attached hydrogens (tertiary/aromatic N) is 4. The van der Waals surface area contributed by atoms with E-state index in [0.29, 0.717) is 5.92 Å². The standard InChI is InChI=1S/C16H30N6.HI/c1-13(2)8-10-18-16(17-3)19-11-9-15-21-20-14-7-5-4-6-12-22(14)15;/h13H,4-12H2,1-3H3,(H2,17,18,19);1H. The Labute approximate surface area is 157 Å². The molecule has 0 spiro atoms. The number of nitrogens with one attached hydrogen (secondary N) is 2. The lowest BCUT2D eigenvalue weighted by molar-refractivity contribution is 0.572. The SMILES string of the molecule is CN=C(NCCc1nnc2n1CCCCC2)NCCC(C)C.I. The van der Waals surface area contributed by atoms with Gasteiger partial charge in [-0.05, 0) is 25.2 Å². The van der Waals surface area contributed by atoms with Gasteiger partial charge >= 0.3 is 0 Å². The molecule has 6 nitrogen and oxygen atoms in total. The molecule has 7 heteroatoms. The molecular weight excluding hydrogens is 403 g/mol. The van der Waals surface area contributed by atoms with Crippen molar-refractivity contribution in [2.24, 2.45) is 10.9 Å². The average molecular weight is 434 g/mol. The Morgan fingerprint density at radius 1 is 1.17 bits per heavy atom. The van der Waals surface area contributed by atoms with E-state index in [-0.39, 0.29) is 24.0 Å². The molecule has 0 aromatic carbocycles. The predicted octanol–water partition coefficient (Wildman–Crippen LogP) is 2.38. The van der Waals surface area contributed by atoms with Gasteiger partial charge in [0.2, 0.25) is 0 Å². The summed E-state index contributed by atoms with van der Waals surface area (Å²) in [6.07, 6.45) is 6.88. The van der Waals surface area contributed by atoms with Crippen LogP contribution < -0.4 is 10.6 Å². The molecule has 1 aromatic heterocycles. The van der Waals surface area contributed by atoms with Crippen molar-refractivity contribution in [2.45, 2.75) is 58.9 Å². The van der Waals surface area contributed by atoms with Crippen LogP contribution in [-0.2, 0) is 19.4 Å². The summed E-state index contributed by atoms with van der Waals surface area (Å²) < 4.78 is 2.31. The van der Waals surface area contributed by atoms with E-state index >= 15 is 0 Å². The Morgan fingerprint density at radius 3 is 2.70 bits per heavy atom. The van der Waals surface area contributed by atoms with Crippen LogP contribution in [0.25, 0.3) is 0 Å². The molecule has 132 valence electrons. The fourth-order valence-corrected chi connectivity index (χ4v) is 2.72. The van der Waals surface area contributed by atoms with Gasteiger partial charge in [0, 0.05) is 39.5 Å². The first-order valence-corrected chi connectivity index (χ1v) is 8.56. The molecule has 0 saturated carbocycles. The van der Waals surface area contributed by atoms with Gasteiger partial charge in [-0.3, -0.25) is 4.99 Å². The van der Waals surface area contributed by atoms with E-state index in [9.17, 15) is 0 Å². The van der Waals surface area contributed by atoms with E-state index < -0.39 is 0 Å². The molecule has 1 aromatic rings. The smallest absolute Gasteiger partial charge is 0.190 e. The molecule has 2 heterocycles. The van der Waals surface area contributed by atoms with Crippen LogP contribution in [0, 0.1) is 5.92 Å². The van der Waals surface area contributed by atoms with Crippen molar-refractivity contribution in [2.75, 3.05) is 20.1 Å². The number of aryl methyl sites for hydroxylation is 1. The first-order valence-electron chi connectivity index (χ1n) is 8.56. The Hall–Kier alpha value is -0.860. The van der Waals surface area contributed by atoms with Crippen LogP contribution in [0.3, 0.4) is 0 Å². The number of hydrogen-bond donors (Lipinski definition) is 2. The van der Waals surface area contributed by atoms with Gasteiger partial charge in [0.15, 0.2) is 5.96 Å². The second-order valence-corrected chi connectivity index (χ2v) is 6.35. The highest BCUT2D eigenvalue weighted by Gasteiger charge is 2.14. The van der Waals surface area contributed by atoms with Gasteiger partial charge in [0.05, 0.1) is 0 Å². The summed E-state index contributed by atoms with van der Waals surface area (Å²) in [6.45, 7) is 7.32. The van der Waals surface area contributed by atoms with Gasteiger partial charge in [-0.25, -0.2) is 0 Å². The van der Waals surface area contributed by atoms with Crippen molar-refractivity contribution in [1.29, 1.82) is 0 Å². The highest BCUT2D eigenvalue weighted by atomic mass is 127. The average Bonchev–Trinajstić information content (AvgIpc) is 2.73. The Morgan fingerprint density at radius 2 is 1.96 bits per heavy atom. The van der Waals surface area contributed by atoms with Crippen molar-refractivity contribution in [3.63, 3.8) is 0 Å². The zero-order chi connectivity index (χ0) is 15.8. The number of rotatable bonds is 6. The fraction of sp³-hybridized carbons (Fsp3) is 0.812. The zero-order valence-corrected chi connectivity index (χ0v) is 17.0. The van der Waals surface area contributed by atoms with E-state index in [0.717, 1.165) is 56.5 Å². The fourth-order valence-electron chi connectivity index (χ4n) is 2.72. The molecule has 0 aliphatic carbocycles. The molecule has 0 unspecified atom stereocenters. The summed E-state index contributed by atoms with van der Waals surface area (Å²) in [5.41, 5.74) is 0. The Kier molecular flexibility index (Phi) is 9.50. The monoisotopic (exact) mass is 434 g/mol. The molecule has 2 rings (SSSR count). The van der Waals surface area contributed by atoms with Crippen molar-refractivity contribution < 1.29 is 0 Å². The largest absolute Gasteiger partial charge is 0.356 e. The maximum atomic E-state index is 4.36. The molecule has 2 N–H and O–H groups in total. The Balaban J connectivity index is 0.00000264. The molecule has 0 saturated heterocycles. The first kappa shape index (κ1) is 20.2. The van der Waals surface area contributed by atoms with Crippen LogP contribution in [0.4, 0.5) is 0 Å². The molecule has 0 bridgehead atoms. The van der Waals surface area contributed by atoms with Crippen LogP contribution in [0.1, 0.15) is 51.2 Å². The van der Waals surface area contributed by atoms with Crippen molar-refractivity contribution >= 4 is 29.9 Å². The molecule has 0 amide bonds. The van der Waals surface area contributed by atoms with Gasteiger partial charge in [-0.15, -0.1) is 34.2 Å². The number of hydrogen-bond acceptors (Lipinski definition) is 3. The van der Waals surface area contributed by atoms with Gasteiger partial charge < -0.3 is 15.2 Å². The lowest BCUT2D eigenvalue weighted by atomic mass is 10.1. The minimum absolute atomic E-state index is 0. The van der Waals surface area contributed by atoms with Crippen LogP contribution in [0.2, 0.25) is 0 Å². The van der Waals surface area contributed by atoms with Crippen molar-refractivity contribution in [1.82, 2.24) is 25.4 Å². The molecule has 23 heavy (non-hydrogen) atoms. The predicted molar refractivity (Wildman–Crippen MR) is 106 cm³/mol. The van der Waals surface area contributed by atoms with Crippen LogP contribution in [0.15, 0.2) is 4.99 Å². The summed E-state index contributed by atoms with van der Waals surface area (Å²) in [6, 6.07) is 0. The van der Waals surface area contributed by atoms with E-state index in [1.807, 2.05) is 7.05 Å². The molecule has 0 fully saturated rings. The molecule has 0 atom stereocenters. The van der Waals surface area contributed by atoms with Crippen LogP contribution in [-0.4, -0.2) is 40.9 Å². The summed E-state index contributed by atoms with van der Waals surface area (Å²) in [7, 11) is 1.81. The minimum atomic E-state index is 0. The number of guanidine groups is 1. The zero-order valence-electron chi connectivity index (χ0n) is 14.6. The maximum absolute atomic E-state index is 4.36. The second kappa shape index (κ2) is 10.8. The quantitative estimate of drug-likeness (QED) is 0.410. The molecular formula is C16H31IN6. The molecule has 1 aliphatic rings. The van der Waals surface area contributed by atoms with Crippen LogP contribution in [0.5, 0.6) is 0 Å². The number of aromatic nitrogens is 3. The number of halogens is 1. The summed E-state index contributed by atoms with van der Waals surface area (Å²) >= 11 is 0. The van der Waals surface area contributed by atoms with E-state index in [1.165, 1.54) is 19.3 Å². The highest BCUT2D eigenvalue weighted by Crippen LogP contribution is 2.14. The number of aliphatic imine (C=N–C) groups is 1.